The Hall–Kier alpha value is -3.28. The van der Waals surface area contributed by atoms with Gasteiger partial charge in [0.1, 0.15) is 0 Å². The molecule has 4 heteroatoms. The van der Waals surface area contributed by atoms with Gasteiger partial charge in [0.25, 0.3) is 0 Å². The molecule has 4 aromatic heterocycles. The molecule has 0 radical (unpaired) electrons. The highest BCUT2D eigenvalue weighted by Gasteiger charge is 2.14. The number of hydrogen-bond acceptors (Lipinski definition) is 4. The molecule has 0 spiro atoms. The summed E-state index contributed by atoms with van der Waals surface area (Å²) in [7, 11) is 0. The fourth-order valence-electron chi connectivity index (χ4n) is 4.12. The Morgan fingerprint density at radius 1 is 0.417 bits per heavy atom. The molecule has 0 saturated heterocycles. The average molecular weight is 535 g/mol. The molecule has 0 aliphatic heterocycles. The fraction of sp³-hybridized carbons (Fsp3) is 0. The van der Waals surface area contributed by atoms with Crippen LogP contribution in [0.3, 0.4) is 0 Å². The lowest BCUT2D eigenvalue weighted by molar-refractivity contribution is 1.60. The van der Waals surface area contributed by atoms with Crippen molar-refractivity contribution in [1.29, 1.82) is 0 Å². The van der Waals surface area contributed by atoms with Crippen molar-refractivity contribution < 1.29 is 0 Å². The molecule has 0 fully saturated rings. The maximum Gasteiger partial charge on any atom is 0.0448 e. The normalized spacial score (nSPS) is 12.2. The number of thiophene rings is 4. The second-order valence-electron chi connectivity index (χ2n) is 8.21. The van der Waals surface area contributed by atoms with Gasteiger partial charge in [-0.25, -0.2) is 0 Å². The molecule has 0 unspecified atom stereocenters. The molecule has 0 atom stereocenters. The van der Waals surface area contributed by atoms with Crippen molar-refractivity contribution >= 4 is 68.6 Å². The van der Waals surface area contributed by atoms with Crippen molar-refractivity contribution in [3.8, 4) is 19.5 Å². The molecule has 0 N–H and O–H groups in total. The zero-order chi connectivity index (χ0) is 24.2. The highest BCUT2D eigenvalue weighted by Crippen LogP contribution is 2.40. The lowest BCUT2D eigenvalue weighted by Crippen LogP contribution is -1.91. The van der Waals surface area contributed by atoms with Crippen LogP contribution in [0.2, 0.25) is 0 Å². The van der Waals surface area contributed by atoms with Crippen molar-refractivity contribution in [2.75, 3.05) is 0 Å². The minimum Gasteiger partial charge on any atom is -0.143 e. The highest BCUT2D eigenvalue weighted by atomic mass is 32.1. The van der Waals surface area contributed by atoms with E-state index in [1.165, 1.54) is 51.5 Å². The Kier molecular flexibility index (Phi) is 6.92. The van der Waals surface area contributed by atoms with Gasteiger partial charge in [0.05, 0.1) is 0 Å². The van der Waals surface area contributed by atoms with E-state index in [4.69, 9.17) is 0 Å². The minimum atomic E-state index is 1.22. The van der Waals surface area contributed by atoms with Gasteiger partial charge in [-0.1, -0.05) is 72.8 Å². The third-order valence-electron chi connectivity index (χ3n) is 5.81. The molecule has 6 aromatic rings. The summed E-state index contributed by atoms with van der Waals surface area (Å²) >= 11 is 7.27. The Bertz CT molecular complexity index is 1470. The molecule has 0 saturated carbocycles. The molecule has 6 rings (SSSR count). The van der Waals surface area contributed by atoms with E-state index in [2.05, 4.69) is 132 Å². The van der Waals surface area contributed by atoms with Crippen molar-refractivity contribution in [2.45, 2.75) is 0 Å². The summed E-state index contributed by atoms with van der Waals surface area (Å²) in [6.45, 7) is 0. The van der Waals surface area contributed by atoms with Crippen LogP contribution in [-0.4, -0.2) is 0 Å². The van der Waals surface area contributed by atoms with Crippen LogP contribution in [0, 0.1) is 0 Å². The van der Waals surface area contributed by atoms with Crippen LogP contribution in [0.25, 0.3) is 42.8 Å². The van der Waals surface area contributed by atoms with Crippen LogP contribution in [0.4, 0.5) is 0 Å². The topological polar surface area (TPSA) is 0 Å². The van der Waals surface area contributed by atoms with Gasteiger partial charge in [-0.3, -0.25) is 0 Å². The molecule has 0 bridgehead atoms. The fourth-order valence-corrected chi connectivity index (χ4v) is 7.69. The number of rotatable bonds is 7. The molecule has 36 heavy (non-hydrogen) atoms. The Morgan fingerprint density at radius 2 is 0.861 bits per heavy atom. The Morgan fingerprint density at radius 3 is 1.25 bits per heavy atom. The summed E-state index contributed by atoms with van der Waals surface area (Å²) < 4.78 is 0. The SMILES string of the molecule is C(=C(\C(=C\c1ccc(-c2cccs2)s1)c1ccccc1)c1ccccc1)/c1ccc(-c2cccs2)s1. The molecule has 2 aromatic carbocycles. The first-order valence-electron chi connectivity index (χ1n) is 11.7. The zero-order valence-corrected chi connectivity index (χ0v) is 22.6. The first kappa shape index (κ1) is 23.1. The van der Waals surface area contributed by atoms with Crippen molar-refractivity contribution in [3.05, 3.63) is 141 Å². The van der Waals surface area contributed by atoms with Gasteiger partial charge in [-0.15, -0.1) is 45.3 Å². The molecule has 4 heterocycles. The van der Waals surface area contributed by atoms with Crippen LogP contribution < -0.4 is 0 Å². The molecular formula is C32H22S4. The predicted molar refractivity (Wildman–Crippen MR) is 164 cm³/mol. The number of benzene rings is 2. The van der Waals surface area contributed by atoms with E-state index >= 15 is 0 Å². The smallest absolute Gasteiger partial charge is 0.0448 e. The summed E-state index contributed by atoms with van der Waals surface area (Å²) in [4.78, 5) is 7.77. The maximum atomic E-state index is 2.35. The second-order valence-corrected chi connectivity index (χ2v) is 12.3. The summed E-state index contributed by atoms with van der Waals surface area (Å²) in [6, 6.07) is 39.1. The standard InChI is InChI=1S/C32H22S4/c1-3-9-23(10-4-1)27(21-25-15-17-31(35-25)29-13-7-19-33-29)28(24-11-5-2-6-12-24)22-26-16-18-32(36-26)30-14-8-20-34-30/h1-22H/b27-21+,28-22+. The molecular weight excluding hydrogens is 513 g/mol. The highest BCUT2D eigenvalue weighted by molar-refractivity contribution is 7.22. The third kappa shape index (κ3) is 5.13. The van der Waals surface area contributed by atoms with Crippen molar-refractivity contribution in [1.82, 2.24) is 0 Å². The second kappa shape index (κ2) is 10.8. The summed E-state index contributed by atoms with van der Waals surface area (Å²) in [5.74, 6) is 0. The van der Waals surface area contributed by atoms with Crippen molar-refractivity contribution in [2.24, 2.45) is 0 Å². The zero-order valence-electron chi connectivity index (χ0n) is 19.3. The lowest BCUT2D eigenvalue weighted by Gasteiger charge is -2.14. The number of hydrogen-bond donors (Lipinski definition) is 0. The van der Waals surface area contributed by atoms with E-state index in [1.54, 1.807) is 22.7 Å². The van der Waals surface area contributed by atoms with E-state index in [9.17, 15) is 0 Å². The molecule has 0 amide bonds. The van der Waals surface area contributed by atoms with Gasteiger partial charge in [-0.05, 0) is 81.6 Å². The molecule has 0 aliphatic carbocycles. The number of allylic oxidation sites excluding steroid dienone is 2. The van der Waals surface area contributed by atoms with Crippen molar-refractivity contribution in [3.63, 3.8) is 0 Å². The molecule has 174 valence electrons. The van der Waals surface area contributed by atoms with Crippen LogP contribution in [-0.2, 0) is 0 Å². The summed E-state index contributed by atoms with van der Waals surface area (Å²) in [6.07, 6.45) is 4.70. The Balaban J connectivity index is 1.49. The van der Waals surface area contributed by atoms with Gasteiger partial charge in [0.15, 0.2) is 0 Å². The van der Waals surface area contributed by atoms with E-state index in [0.29, 0.717) is 0 Å². The van der Waals surface area contributed by atoms with E-state index < -0.39 is 0 Å². The van der Waals surface area contributed by atoms with Crippen LogP contribution >= 0.6 is 45.3 Å². The van der Waals surface area contributed by atoms with Crippen LogP contribution in [0.5, 0.6) is 0 Å². The van der Waals surface area contributed by atoms with Gasteiger partial charge in [-0.2, -0.15) is 0 Å². The largest absolute Gasteiger partial charge is 0.143 e. The van der Waals surface area contributed by atoms with Crippen LogP contribution in [0.15, 0.2) is 120 Å². The van der Waals surface area contributed by atoms with E-state index in [1.807, 2.05) is 22.7 Å². The summed E-state index contributed by atoms with van der Waals surface area (Å²) in [5.41, 5.74) is 4.89. The first-order chi connectivity index (χ1) is 17.8. The minimum absolute atomic E-state index is 1.22. The average Bonchev–Trinajstić information content (AvgIpc) is 3.75. The van der Waals surface area contributed by atoms with Gasteiger partial charge in [0, 0.05) is 29.3 Å². The summed E-state index contributed by atoms with van der Waals surface area (Å²) in [5, 5.41) is 4.28. The van der Waals surface area contributed by atoms with Gasteiger partial charge >= 0.3 is 0 Å². The van der Waals surface area contributed by atoms with Gasteiger partial charge in [0.2, 0.25) is 0 Å². The van der Waals surface area contributed by atoms with E-state index in [0.717, 1.165) is 0 Å². The molecule has 0 nitrogen and oxygen atoms in total. The maximum absolute atomic E-state index is 2.35. The molecule has 0 aliphatic rings. The monoisotopic (exact) mass is 534 g/mol. The van der Waals surface area contributed by atoms with E-state index in [-0.39, 0.29) is 0 Å². The van der Waals surface area contributed by atoms with Gasteiger partial charge < -0.3 is 0 Å². The predicted octanol–water partition coefficient (Wildman–Crippen LogP) is 11.0. The lowest BCUT2D eigenvalue weighted by atomic mass is 9.91. The van der Waals surface area contributed by atoms with Crippen LogP contribution in [0.1, 0.15) is 20.9 Å². The Labute approximate surface area is 227 Å². The quantitative estimate of drug-likeness (QED) is 0.179. The third-order valence-corrected chi connectivity index (χ3v) is 10.0. The first-order valence-corrected chi connectivity index (χ1v) is 15.0.